The fourth-order valence-corrected chi connectivity index (χ4v) is 5.24. The van der Waals surface area contributed by atoms with Gasteiger partial charge in [-0.1, -0.05) is 45.0 Å². The Balaban J connectivity index is 1.42. The highest BCUT2D eigenvalue weighted by Crippen LogP contribution is 2.37. The Labute approximate surface area is 251 Å². The van der Waals surface area contributed by atoms with Crippen molar-refractivity contribution in [3.05, 3.63) is 93.0 Å². The summed E-state index contributed by atoms with van der Waals surface area (Å²) in [5.74, 6) is -10.3. The molecule has 0 aliphatic carbocycles. The fourth-order valence-electron chi connectivity index (χ4n) is 5.24. The number of benzene rings is 3. The zero-order valence-corrected chi connectivity index (χ0v) is 24.8. The lowest BCUT2D eigenvalue weighted by molar-refractivity contribution is 0.0939. The predicted octanol–water partition coefficient (Wildman–Crippen LogP) is 6.05. The lowest BCUT2D eigenvalue weighted by Gasteiger charge is -2.21. The molecule has 2 amide bonds. The fraction of sp³-hybridized carbons (Fsp3) is 0.281. The number of halogens is 4. The number of nitrogens with one attached hydrogen (secondary N) is 2. The lowest BCUT2D eigenvalue weighted by Crippen LogP contribution is -2.26. The first kappa shape index (κ1) is 30.6. The van der Waals surface area contributed by atoms with Crippen molar-refractivity contribution in [3.63, 3.8) is 0 Å². The van der Waals surface area contributed by atoms with Crippen molar-refractivity contribution in [1.82, 2.24) is 15.1 Å². The molecule has 1 aliphatic rings. The Bertz CT molecular complexity index is 1830. The molecule has 44 heavy (non-hydrogen) atoms. The van der Waals surface area contributed by atoms with Crippen molar-refractivity contribution in [3.8, 4) is 17.0 Å². The summed E-state index contributed by atoms with van der Waals surface area (Å²) in [4.78, 5) is 25.4. The van der Waals surface area contributed by atoms with Gasteiger partial charge in [-0.05, 0) is 53.1 Å². The van der Waals surface area contributed by atoms with Crippen LogP contribution in [0.1, 0.15) is 63.7 Å². The highest BCUT2D eigenvalue weighted by Gasteiger charge is 2.31. The number of carbonyl (C=O) groups is 2. The van der Waals surface area contributed by atoms with Crippen LogP contribution in [0.5, 0.6) is 5.75 Å². The first-order valence-electron chi connectivity index (χ1n) is 13.8. The summed E-state index contributed by atoms with van der Waals surface area (Å²) < 4.78 is 62.3. The van der Waals surface area contributed by atoms with Crippen LogP contribution in [0.2, 0.25) is 0 Å². The molecule has 3 aromatic carbocycles. The van der Waals surface area contributed by atoms with Crippen LogP contribution >= 0.6 is 0 Å². The third-order valence-electron chi connectivity index (χ3n) is 7.73. The minimum atomic E-state index is -2.12. The van der Waals surface area contributed by atoms with Gasteiger partial charge in [0.2, 0.25) is 11.6 Å². The highest BCUT2D eigenvalue weighted by atomic mass is 19.2. The highest BCUT2D eigenvalue weighted by molar-refractivity contribution is 6.04. The van der Waals surface area contributed by atoms with Gasteiger partial charge in [0, 0.05) is 24.3 Å². The van der Waals surface area contributed by atoms with Gasteiger partial charge in [0.15, 0.2) is 17.4 Å². The Kier molecular flexibility index (Phi) is 7.87. The Hall–Kier alpha value is -4.87. The maximum absolute atomic E-state index is 14.4. The molecule has 0 fully saturated rings. The van der Waals surface area contributed by atoms with Crippen LogP contribution in [0, 0.1) is 30.2 Å². The number of hydrogen-bond donors (Lipinski definition) is 3. The van der Waals surface area contributed by atoms with E-state index in [2.05, 4.69) is 48.3 Å². The smallest absolute Gasteiger partial charge is 0.258 e. The molecular formula is C32H31F4N5O3. The molecule has 4 N–H and O–H groups in total. The summed E-state index contributed by atoms with van der Waals surface area (Å²) in [6.07, 6.45) is 0.684. The zero-order chi connectivity index (χ0) is 32.1. The maximum Gasteiger partial charge on any atom is 0.258 e. The first-order chi connectivity index (χ1) is 20.7. The largest absolute Gasteiger partial charge is 0.493 e. The normalized spacial score (nSPS) is 12.6. The van der Waals surface area contributed by atoms with Gasteiger partial charge in [-0.25, -0.2) is 17.9 Å². The second kappa shape index (κ2) is 11.3. The SMILES string of the molecule is COc1c(F)c(F)c(F)c(F)c1C(=O)NCc1ccc(-c2nn3c(c2C(N)=O)Nc2ccc(C(C)(C)C)cc2CC3)cc1C. The number of anilines is 2. The van der Waals surface area contributed by atoms with Gasteiger partial charge < -0.3 is 21.1 Å². The number of nitrogens with zero attached hydrogens (tertiary/aromatic N) is 2. The predicted molar refractivity (Wildman–Crippen MR) is 157 cm³/mol. The molecule has 5 rings (SSSR count). The van der Waals surface area contributed by atoms with Crippen molar-refractivity contribution in [2.45, 2.75) is 52.6 Å². The van der Waals surface area contributed by atoms with Gasteiger partial charge in [-0.2, -0.15) is 9.49 Å². The molecular weight excluding hydrogens is 578 g/mol. The number of aromatic nitrogens is 2. The number of carbonyl (C=O) groups excluding carboxylic acids is 2. The second-order valence-corrected chi connectivity index (χ2v) is 11.6. The molecule has 0 saturated heterocycles. The summed E-state index contributed by atoms with van der Waals surface area (Å²) in [7, 11) is 0.905. The molecule has 0 atom stereocenters. The number of ether oxygens (including phenoxy) is 1. The Morgan fingerprint density at radius 2 is 1.73 bits per heavy atom. The summed E-state index contributed by atoms with van der Waals surface area (Å²) >= 11 is 0. The van der Waals surface area contributed by atoms with E-state index in [0.29, 0.717) is 41.2 Å². The molecule has 0 bridgehead atoms. The average molecular weight is 610 g/mol. The summed E-state index contributed by atoms with van der Waals surface area (Å²) in [6.45, 7) is 8.53. The molecule has 230 valence electrons. The van der Waals surface area contributed by atoms with Crippen molar-refractivity contribution < 1.29 is 31.9 Å². The second-order valence-electron chi connectivity index (χ2n) is 11.6. The number of aryl methyl sites for hydroxylation is 3. The van der Waals surface area contributed by atoms with E-state index < -0.39 is 46.4 Å². The molecule has 0 spiro atoms. The number of nitrogens with two attached hydrogens (primary N) is 1. The molecule has 0 unspecified atom stereocenters. The van der Waals surface area contributed by atoms with E-state index in [1.807, 2.05) is 6.07 Å². The van der Waals surface area contributed by atoms with E-state index in [4.69, 9.17) is 10.8 Å². The molecule has 12 heteroatoms. The standard InChI is InChI=1S/C32H31F4N5O3/c1-15-12-17(6-7-18(15)14-38-31(43)21-23(33)24(34)25(35)26(36)28(21)44-5)27-22(29(37)42)30-39-20-9-8-19(32(2,3)4)13-16(20)10-11-41(30)40-27/h6-9,12-13,39H,10-11,14H2,1-5H3,(H2,37,42)(H,38,43). The molecule has 0 saturated carbocycles. The number of rotatable bonds is 6. The van der Waals surface area contributed by atoms with Crippen LogP contribution in [-0.4, -0.2) is 28.7 Å². The summed E-state index contributed by atoms with van der Waals surface area (Å²) in [5, 5.41) is 10.5. The van der Waals surface area contributed by atoms with E-state index in [1.165, 1.54) is 5.56 Å². The topological polar surface area (TPSA) is 111 Å². The molecule has 8 nitrogen and oxygen atoms in total. The van der Waals surface area contributed by atoms with Crippen LogP contribution < -0.4 is 21.1 Å². The number of primary amides is 1. The van der Waals surface area contributed by atoms with Crippen LogP contribution in [0.3, 0.4) is 0 Å². The number of fused-ring (bicyclic) bond motifs is 2. The molecule has 0 radical (unpaired) electrons. The number of amides is 2. The Morgan fingerprint density at radius 3 is 2.36 bits per heavy atom. The van der Waals surface area contributed by atoms with E-state index in [0.717, 1.165) is 18.4 Å². The minimum Gasteiger partial charge on any atom is -0.493 e. The molecule has 1 aliphatic heterocycles. The summed E-state index contributed by atoms with van der Waals surface area (Å²) in [5.41, 5.74) is 10.3. The van der Waals surface area contributed by atoms with E-state index >= 15 is 0 Å². The van der Waals surface area contributed by atoms with Crippen molar-refractivity contribution >= 4 is 23.3 Å². The van der Waals surface area contributed by atoms with Crippen molar-refractivity contribution in [2.75, 3.05) is 12.4 Å². The van der Waals surface area contributed by atoms with Gasteiger partial charge >= 0.3 is 0 Å². The van der Waals surface area contributed by atoms with Crippen LogP contribution in [0.25, 0.3) is 11.3 Å². The lowest BCUT2D eigenvalue weighted by atomic mass is 9.85. The van der Waals surface area contributed by atoms with Gasteiger partial charge in [0.1, 0.15) is 22.6 Å². The van der Waals surface area contributed by atoms with Gasteiger partial charge in [0.05, 0.1) is 7.11 Å². The number of methoxy groups -OCH3 is 1. The molecule has 4 aromatic rings. The average Bonchev–Trinajstić information content (AvgIpc) is 3.24. The van der Waals surface area contributed by atoms with Gasteiger partial charge in [-0.3, -0.25) is 9.59 Å². The van der Waals surface area contributed by atoms with Crippen molar-refractivity contribution in [1.29, 1.82) is 0 Å². The third-order valence-corrected chi connectivity index (χ3v) is 7.73. The van der Waals surface area contributed by atoms with Gasteiger partial charge in [0.25, 0.3) is 11.8 Å². The van der Waals surface area contributed by atoms with Crippen LogP contribution in [-0.2, 0) is 24.9 Å². The van der Waals surface area contributed by atoms with E-state index in [9.17, 15) is 27.2 Å². The maximum atomic E-state index is 14.4. The third kappa shape index (κ3) is 5.36. The van der Waals surface area contributed by atoms with Gasteiger partial charge in [-0.15, -0.1) is 0 Å². The summed E-state index contributed by atoms with van der Waals surface area (Å²) in [6, 6.07) is 11.3. The minimum absolute atomic E-state index is 0.0207. The molecule has 1 aromatic heterocycles. The zero-order valence-electron chi connectivity index (χ0n) is 24.8. The van der Waals surface area contributed by atoms with Crippen LogP contribution in [0.15, 0.2) is 36.4 Å². The first-order valence-corrected chi connectivity index (χ1v) is 13.8. The van der Waals surface area contributed by atoms with Crippen molar-refractivity contribution in [2.24, 2.45) is 5.73 Å². The van der Waals surface area contributed by atoms with E-state index in [1.54, 1.807) is 29.8 Å². The van der Waals surface area contributed by atoms with Crippen LogP contribution in [0.4, 0.5) is 29.1 Å². The van der Waals surface area contributed by atoms with E-state index in [-0.39, 0.29) is 17.5 Å². The molecule has 2 heterocycles. The Morgan fingerprint density at radius 1 is 1.02 bits per heavy atom. The number of hydrogen-bond acceptors (Lipinski definition) is 5. The quantitative estimate of drug-likeness (QED) is 0.140. The monoisotopic (exact) mass is 609 g/mol.